The monoisotopic (exact) mass is 284 g/mol. The zero-order chi connectivity index (χ0) is 14.0. The van der Waals surface area contributed by atoms with Gasteiger partial charge in [-0.05, 0) is 18.4 Å². The summed E-state index contributed by atoms with van der Waals surface area (Å²) in [5, 5.41) is 11.1. The summed E-state index contributed by atoms with van der Waals surface area (Å²) in [5.41, 5.74) is 0.851. The van der Waals surface area contributed by atoms with Crippen molar-refractivity contribution in [1.29, 1.82) is 0 Å². The normalized spacial score (nSPS) is 23.4. The second-order valence-corrected chi connectivity index (χ2v) is 5.29. The molecule has 19 heavy (non-hydrogen) atoms. The van der Waals surface area contributed by atoms with Crippen molar-refractivity contribution in [2.75, 3.05) is 25.1 Å². The van der Waals surface area contributed by atoms with Gasteiger partial charge in [-0.2, -0.15) is 0 Å². The van der Waals surface area contributed by atoms with Crippen LogP contribution in [0.4, 0.5) is 11.4 Å². The molecule has 0 saturated carbocycles. The smallest absolute Gasteiger partial charge is 0.271 e. The molecule has 104 valence electrons. The van der Waals surface area contributed by atoms with Crippen LogP contribution in [0.1, 0.15) is 13.3 Å². The van der Waals surface area contributed by atoms with E-state index < -0.39 is 4.92 Å². The molecule has 1 aliphatic heterocycles. The molecule has 1 aliphatic rings. The van der Waals surface area contributed by atoms with Crippen molar-refractivity contribution in [3.63, 3.8) is 0 Å². The topological polar surface area (TPSA) is 55.6 Å². The molecule has 2 atom stereocenters. The van der Waals surface area contributed by atoms with Gasteiger partial charge in [-0.15, -0.1) is 0 Å². The molecule has 1 heterocycles. The Balaban J connectivity index is 2.20. The highest BCUT2D eigenvalue weighted by Crippen LogP contribution is 2.32. The number of hydrogen-bond donors (Lipinski definition) is 0. The van der Waals surface area contributed by atoms with Crippen molar-refractivity contribution in [1.82, 2.24) is 0 Å². The zero-order valence-electron chi connectivity index (χ0n) is 11.0. The molecule has 1 fully saturated rings. The standard InChI is InChI=1S/C13H17ClN2O3/c1-9-5-6-15(8-13(9)19-2)12-4-3-10(16(17)18)7-11(12)14/h3-4,7,9,13H,5-6,8H2,1-2H3. The van der Waals surface area contributed by atoms with Gasteiger partial charge in [0.15, 0.2) is 0 Å². The Morgan fingerprint density at radius 1 is 1.53 bits per heavy atom. The van der Waals surface area contributed by atoms with Crippen LogP contribution in [-0.4, -0.2) is 31.2 Å². The maximum atomic E-state index is 10.7. The highest BCUT2D eigenvalue weighted by molar-refractivity contribution is 6.33. The van der Waals surface area contributed by atoms with Crippen LogP contribution in [0.2, 0.25) is 5.02 Å². The summed E-state index contributed by atoms with van der Waals surface area (Å²) >= 11 is 6.15. The molecular formula is C13H17ClN2O3. The quantitative estimate of drug-likeness (QED) is 0.632. The Morgan fingerprint density at radius 3 is 2.84 bits per heavy atom. The van der Waals surface area contributed by atoms with E-state index >= 15 is 0 Å². The number of ether oxygens (including phenoxy) is 1. The Kier molecular flexibility index (Phi) is 4.27. The molecule has 1 saturated heterocycles. The van der Waals surface area contributed by atoms with Gasteiger partial charge in [0, 0.05) is 32.3 Å². The van der Waals surface area contributed by atoms with Crippen LogP contribution in [0.5, 0.6) is 0 Å². The minimum atomic E-state index is -0.439. The minimum absolute atomic E-state index is 0.0161. The molecule has 1 aromatic rings. The Labute approximate surface area is 117 Å². The Morgan fingerprint density at radius 2 is 2.26 bits per heavy atom. The number of nitro groups is 1. The third-order valence-corrected chi connectivity index (χ3v) is 3.98. The Hall–Kier alpha value is -1.33. The molecule has 0 spiro atoms. The molecule has 0 amide bonds. The number of methoxy groups -OCH3 is 1. The molecule has 1 aromatic carbocycles. The van der Waals surface area contributed by atoms with E-state index in [9.17, 15) is 10.1 Å². The summed E-state index contributed by atoms with van der Waals surface area (Å²) in [6.07, 6.45) is 1.19. The number of piperidine rings is 1. The summed E-state index contributed by atoms with van der Waals surface area (Å²) in [4.78, 5) is 12.4. The number of halogens is 1. The van der Waals surface area contributed by atoms with Crippen molar-refractivity contribution in [2.24, 2.45) is 5.92 Å². The zero-order valence-corrected chi connectivity index (χ0v) is 11.8. The average Bonchev–Trinajstić information content (AvgIpc) is 2.39. The number of nitro benzene ring substituents is 1. The summed E-state index contributed by atoms with van der Waals surface area (Å²) in [6, 6.07) is 4.60. The van der Waals surface area contributed by atoms with E-state index in [-0.39, 0.29) is 11.8 Å². The highest BCUT2D eigenvalue weighted by Gasteiger charge is 2.27. The van der Waals surface area contributed by atoms with E-state index in [1.807, 2.05) is 0 Å². The predicted molar refractivity (Wildman–Crippen MR) is 74.9 cm³/mol. The van der Waals surface area contributed by atoms with Gasteiger partial charge >= 0.3 is 0 Å². The van der Waals surface area contributed by atoms with Crippen molar-refractivity contribution in [2.45, 2.75) is 19.4 Å². The van der Waals surface area contributed by atoms with E-state index in [4.69, 9.17) is 16.3 Å². The van der Waals surface area contributed by atoms with Crippen molar-refractivity contribution >= 4 is 23.0 Å². The maximum absolute atomic E-state index is 10.7. The van der Waals surface area contributed by atoms with Crippen molar-refractivity contribution < 1.29 is 9.66 Å². The third-order valence-electron chi connectivity index (χ3n) is 3.67. The summed E-state index contributed by atoms with van der Waals surface area (Å²) < 4.78 is 5.46. The van der Waals surface area contributed by atoms with Crippen LogP contribution in [-0.2, 0) is 4.74 Å². The van der Waals surface area contributed by atoms with Gasteiger partial charge in [0.2, 0.25) is 0 Å². The molecule has 2 rings (SSSR count). The van der Waals surface area contributed by atoms with Gasteiger partial charge in [-0.1, -0.05) is 18.5 Å². The van der Waals surface area contributed by atoms with Gasteiger partial charge in [-0.3, -0.25) is 10.1 Å². The van der Waals surface area contributed by atoms with E-state index in [0.29, 0.717) is 10.9 Å². The van der Waals surface area contributed by atoms with Crippen LogP contribution in [0.25, 0.3) is 0 Å². The van der Waals surface area contributed by atoms with Crippen LogP contribution < -0.4 is 4.90 Å². The minimum Gasteiger partial charge on any atom is -0.379 e. The molecule has 0 radical (unpaired) electrons. The van der Waals surface area contributed by atoms with Gasteiger partial charge in [0.05, 0.1) is 21.7 Å². The van der Waals surface area contributed by atoms with Crippen LogP contribution >= 0.6 is 11.6 Å². The first-order chi connectivity index (χ1) is 9.02. The fourth-order valence-corrected chi connectivity index (χ4v) is 2.72. The number of benzene rings is 1. The molecule has 5 nitrogen and oxygen atoms in total. The largest absolute Gasteiger partial charge is 0.379 e. The number of non-ortho nitro benzene ring substituents is 1. The lowest BCUT2D eigenvalue weighted by molar-refractivity contribution is -0.384. The molecule has 0 aliphatic carbocycles. The average molecular weight is 285 g/mol. The first-order valence-electron chi connectivity index (χ1n) is 6.24. The lowest BCUT2D eigenvalue weighted by Gasteiger charge is -2.37. The summed E-state index contributed by atoms with van der Waals surface area (Å²) in [7, 11) is 1.71. The Bertz CT molecular complexity index is 481. The molecule has 2 unspecified atom stereocenters. The van der Waals surface area contributed by atoms with E-state index in [1.165, 1.54) is 12.1 Å². The number of nitrogens with zero attached hydrogens (tertiary/aromatic N) is 2. The van der Waals surface area contributed by atoms with Gasteiger partial charge in [0.1, 0.15) is 0 Å². The lowest BCUT2D eigenvalue weighted by Crippen LogP contribution is -2.44. The van der Waals surface area contributed by atoms with E-state index in [1.54, 1.807) is 13.2 Å². The molecule has 6 heteroatoms. The summed E-state index contributed by atoms with van der Waals surface area (Å²) in [5.74, 6) is 0.512. The van der Waals surface area contributed by atoms with E-state index in [2.05, 4.69) is 11.8 Å². The molecule has 0 bridgehead atoms. The number of anilines is 1. The van der Waals surface area contributed by atoms with Gasteiger partial charge in [-0.25, -0.2) is 0 Å². The van der Waals surface area contributed by atoms with Gasteiger partial charge in [0.25, 0.3) is 5.69 Å². The SMILES string of the molecule is COC1CN(c2ccc([N+](=O)[O-])cc2Cl)CCC1C. The van der Waals surface area contributed by atoms with E-state index in [0.717, 1.165) is 25.2 Å². The number of rotatable bonds is 3. The fraction of sp³-hybridized carbons (Fsp3) is 0.538. The van der Waals surface area contributed by atoms with Crippen molar-refractivity contribution in [3.8, 4) is 0 Å². The maximum Gasteiger partial charge on any atom is 0.271 e. The highest BCUT2D eigenvalue weighted by atomic mass is 35.5. The summed E-state index contributed by atoms with van der Waals surface area (Å²) in [6.45, 7) is 3.82. The van der Waals surface area contributed by atoms with Crippen LogP contribution in [0, 0.1) is 16.0 Å². The van der Waals surface area contributed by atoms with Crippen LogP contribution in [0.15, 0.2) is 18.2 Å². The molecular weight excluding hydrogens is 268 g/mol. The molecule has 0 aromatic heterocycles. The first kappa shape index (κ1) is 14.1. The number of hydrogen-bond acceptors (Lipinski definition) is 4. The third kappa shape index (κ3) is 2.98. The second kappa shape index (κ2) is 5.75. The lowest BCUT2D eigenvalue weighted by atomic mass is 9.95. The van der Waals surface area contributed by atoms with Gasteiger partial charge < -0.3 is 9.64 Å². The van der Waals surface area contributed by atoms with Crippen LogP contribution in [0.3, 0.4) is 0 Å². The predicted octanol–water partition coefficient (Wildman–Crippen LogP) is 3.11. The first-order valence-corrected chi connectivity index (χ1v) is 6.62. The second-order valence-electron chi connectivity index (χ2n) is 4.88. The van der Waals surface area contributed by atoms with Crippen molar-refractivity contribution in [3.05, 3.63) is 33.3 Å². The molecule has 0 N–H and O–H groups in total. The fourth-order valence-electron chi connectivity index (χ4n) is 2.43.